The number of aromatic nitrogens is 2. The van der Waals surface area contributed by atoms with Gasteiger partial charge in [-0.2, -0.15) is 0 Å². The lowest BCUT2D eigenvalue weighted by Crippen LogP contribution is -2.15. The lowest BCUT2D eigenvalue weighted by atomic mass is 10.1. The van der Waals surface area contributed by atoms with Crippen molar-refractivity contribution < 1.29 is 0 Å². The molecule has 0 radical (unpaired) electrons. The van der Waals surface area contributed by atoms with E-state index in [0.717, 1.165) is 25.0 Å². The molecular formula is C14H21N3. The van der Waals surface area contributed by atoms with E-state index in [1.54, 1.807) is 0 Å². The lowest BCUT2D eigenvalue weighted by Gasteiger charge is -2.08. The van der Waals surface area contributed by atoms with Crippen LogP contribution >= 0.6 is 0 Å². The summed E-state index contributed by atoms with van der Waals surface area (Å²) in [6.07, 6.45) is 3.00. The van der Waals surface area contributed by atoms with E-state index in [2.05, 4.69) is 53.8 Å². The highest BCUT2D eigenvalue weighted by atomic mass is 15.1. The first-order valence-corrected chi connectivity index (χ1v) is 6.38. The summed E-state index contributed by atoms with van der Waals surface area (Å²) in [4.78, 5) is 4.47. The minimum atomic E-state index is 0.465. The Morgan fingerprint density at radius 2 is 2.18 bits per heavy atom. The van der Waals surface area contributed by atoms with E-state index in [0.29, 0.717) is 6.04 Å². The first kappa shape index (κ1) is 12.1. The highest BCUT2D eigenvalue weighted by molar-refractivity contribution is 5.76. The van der Waals surface area contributed by atoms with Crippen molar-refractivity contribution in [2.75, 3.05) is 13.1 Å². The Labute approximate surface area is 103 Å². The Bertz CT molecular complexity index is 485. The van der Waals surface area contributed by atoms with Gasteiger partial charge in [0.1, 0.15) is 0 Å². The van der Waals surface area contributed by atoms with Crippen LogP contribution in [0.1, 0.15) is 32.4 Å². The third-order valence-corrected chi connectivity index (χ3v) is 3.04. The molecular weight excluding hydrogens is 210 g/mol. The van der Waals surface area contributed by atoms with Gasteiger partial charge in [-0.05, 0) is 51.1 Å². The van der Waals surface area contributed by atoms with Crippen LogP contribution in [-0.4, -0.2) is 22.6 Å². The zero-order valence-electron chi connectivity index (χ0n) is 10.9. The van der Waals surface area contributed by atoms with Gasteiger partial charge in [-0.25, -0.2) is 4.98 Å². The van der Waals surface area contributed by atoms with Crippen LogP contribution in [0.15, 0.2) is 24.5 Å². The number of hydrogen-bond acceptors (Lipinski definition) is 2. The molecule has 2 aromatic rings. The van der Waals surface area contributed by atoms with Gasteiger partial charge in [-0.3, -0.25) is 0 Å². The summed E-state index contributed by atoms with van der Waals surface area (Å²) in [5.74, 6) is 0. The normalized spacial score (nSPS) is 11.5. The molecule has 0 saturated carbocycles. The summed E-state index contributed by atoms with van der Waals surface area (Å²) in [5.41, 5.74) is 3.69. The van der Waals surface area contributed by atoms with Crippen molar-refractivity contribution in [3.05, 3.63) is 30.1 Å². The smallest absolute Gasteiger partial charge is 0.0960 e. The molecule has 0 bridgehead atoms. The maximum Gasteiger partial charge on any atom is 0.0960 e. The van der Waals surface area contributed by atoms with E-state index < -0.39 is 0 Å². The zero-order valence-corrected chi connectivity index (χ0v) is 10.9. The zero-order chi connectivity index (χ0) is 12.3. The molecule has 0 aliphatic heterocycles. The number of likely N-dealkylation sites (N-methyl/N-ethyl adjacent to an activating group) is 1. The Kier molecular flexibility index (Phi) is 3.79. The predicted molar refractivity (Wildman–Crippen MR) is 72.4 cm³/mol. The Morgan fingerprint density at radius 3 is 2.88 bits per heavy atom. The van der Waals surface area contributed by atoms with Crippen LogP contribution in [0.4, 0.5) is 0 Å². The quantitative estimate of drug-likeness (QED) is 0.802. The van der Waals surface area contributed by atoms with Crippen LogP contribution in [0.3, 0.4) is 0 Å². The minimum Gasteiger partial charge on any atom is -0.328 e. The number of rotatable bonds is 5. The van der Waals surface area contributed by atoms with Crippen LogP contribution in [0.25, 0.3) is 11.0 Å². The third kappa shape index (κ3) is 2.67. The summed E-state index contributed by atoms with van der Waals surface area (Å²) in [6, 6.07) is 7.06. The summed E-state index contributed by atoms with van der Waals surface area (Å²) < 4.78 is 2.21. The second kappa shape index (κ2) is 5.32. The van der Waals surface area contributed by atoms with Crippen molar-refractivity contribution in [3.63, 3.8) is 0 Å². The first-order valence-electron chi connectivity index (χ1n) is 6.38. The summed E-state index contributed by atoms with van der Waals surface area (Å²) in [6.45, 7) is 8.56. The topological polar surface area (TPSA) is 29.9 Å². The fourth-order valence-corrected chi connectivity index (χ4v) is 2.05. The van der Waals surface area contributed by atoms with Gasteiger partial charge in [-0.1, -0.05) is 13.0 Å². The van der Waals surface area contributed by atoms with Gasteiger partial charge in [-0.15, -0.1) is 0 Å². The molecule has 1 N–H and O–H groups in total. The van der Waals surface area contributed by atoms with Gasteiger partial charge in [0, 0.05) is 6.04 Å². The molecule has 0 aliphatic rings. The van der Waals surface area contributed by atoms with E-state index in [1.807, 2.05) is 6.33 Å². The van der Waals surface area contributed by atoms with Crippen LogP contribution in [0, 0.1) is 0 Å². The molecule has 1 heterocycles. The van der Waals surface area contributed by atoms with Crippen LogP contribution < -0.4 is 5.32 Å². The molecule has 1 aromatic heterocycles. The minimum absolute atomic E-state index is 0.465. The van der Waals surface area contributed by atoms with Crippen molar-refractivity contribution in [2.24, 2.45) is 0 Å². The number of fused-ring (bicyclic) bond motifs is 1. The van der Waals surface area contributed by atoms with E-state index in [1.165, 1.54) is 11.1 Å². The fraction of sp³-hybridized carbons (Fsp3) is 0.500. The molecule has 3 nitrogen and oxygen atoms in total. The number of imidazole rings is 1. The van der Waals surface area contributed by atoms with Crippen LogP contribution in [0.5, 0.6) is 0 Å². The third-order valence-electron chi connectivity index (χ3n) is 3.04. The SMILES string of the molecule is CCNCCc1ccc2c(c1)ncn2C(C)C. The molecule has 2 rings (SSSR count). The van der Waals surface area contributed by atoms with Crippen molar-refractivity contribution in [1.82, 2.24) is 14.9 Å². The van der Waals surface area contributed by atoms with Gasteiger partial charge >= 0.3 is 0 Å². The largest absolute Gasteiger partial charge is 0.328 e. The monoisotopic (exact) mass is 231 g/mol. The second-order valence-corrected chi connectivity index (χ2v) is 4.67. The Morgan fingerprint density at radius 1 is 1.35 bits per heavy atom. The highest BCUT2D eigenvalue weighted by Gasteiger charge is 2.05. The molecule has 17 heavy (non-hydrogen) atoms. The van der Waals surface area contributed by atoms with Crippen molar-refractivity contribution >= 4 is 11.0 Å². The molecule has 3 heteroatoms. The molecule has 0 atom stereocenters. The molecule has 0 saturated heterocycles. The number of nitrogens with zero attached hydrogens (tertiary/aromatic N) is 2. The van der Waals surface area contributed by atoms with Gasteiger partial charge in [0.25, 0.3) is 0 Å². The average molecular weight is 231 g/mol. The summed E-state index contributed by atoms with van der Waals surface area (Å²) in [7, 11) is 0. The van der Waals surface area contributed by atoms with Gasteiger partial charge in [0.2, 0.25) is 0 Å². The number of hydrogen-bond donors (Lipinski definition) is 1. The number of nitrogens with one attached hydrogen (secondary N) is 1. The van der Waals surface area contributed by atoms with Gasteiger partial charge in [0.05, 0.1) is 17.4 Å². The second-order valence-electron chi connectivity index (χ2n) is 4.67. The van der Waals surface area contributed by atoms with E-state index in [-0.39, 0.29) is 0 Å². The van der Waals surface area contributed by atoms with Gasteiger partial charge in [0.15, 0.2) is 0 Å². The highest BCUT2D eigenvalue weighted by Crippen LogP contribution is 2.18. The average Bonchev–Trinajstić information content (AvgIpc) is 2.72. The maximum atomic E-state index is 4.47. The summed E-state index contributed by atoms with van der Waals surface area (Å²) >= 11 is 0. The van der Waals surface area contributed by atoms with Crippen molar-refractivity contribution in [2.45, 2.75) is 33.2 Å². The fourth-order valence-electron chi connectivity index (χ4n) is 2.05. The summed E-state index contributed by atoms with van der Waals surface area (Å²) in [5, 5.41) is 3.34. The van der Waals surface area contributed by atoms with E-state index >= 15 is 0 Å². The van der Waals surface area contributed by atoms with Crippen molar-refractivity contribution in [1.29, 1.82) is 0 Å². The lowest BCUT2D eigenvalue weighted by molar-refractivity contribution is 0.617. The van der Waals surface area contributed by atoms with Crippen molar-refractivity contribution in [3.8, 4) is 0 Å². The van der Waals surface area contributed by atoms with E-state index in [9.17, 15) is 0 Å². The molecule has 0 spiro atoms. The molecule has 0 fully saturated rings. The predicted octanol–water partition coefficient (Wildman–Crippen LogP) is 2.77. The van der Waals surface area contributed by atoms with Gasteiger partial charge < -0.3 is 9.88 Å². The maximum absolute atomic E-state index is 4.47. The van der Waals surface area contributed by atoms with Crippen LogP contribution in [0.2, 0.25) is 0 Å². The van der Waals surface area contributed by atoms with Crippen LogP contribution in [-0.2, 0) is 6.42 Å². The van der Waals surface area contributed by atoms with E-state index in [4.69, 9.17) is 0 Å². The number of benzene rings is 1. The molecule has 92 valence electrons. The Balaban J connectivity index is 2.20. The molecule has 0 amide bonds. The standard InChI is InChI=1S/C14H21N3/c1-4-15-8-7-12-5-6-14-13(9-12)16-10-17(14)11(2)3/h5-6,9-11,15H,4,7-8H2,1-3H3. The molecule has 1 aromatic carbocycles. The Hall–Kier alpha value is -1.35. The molecule has 0 unspecified atom stereocenters. The first-order chi connectivity index (χ1) is 8.22. The molecule has 0 aliphatic carbocycles.